The van der Waals surface area contributed by atoms with E-state index in [4.69, 9.17) is 5.53 Å². The summed E-state index contributed by atoms with van der Waals surface area (Å²) in [6.45, 7) is 3.81. The van der Waals surface area contributed by atoms with Gasteiger partial charge in [-0.15, -0.1) is 0 Å². The fraction of sp³-hybridized carbons (Fsp3) is 0.200. The molecule has 1 aromatic rings. The lowest BCUT2D eigenvalue weighted by atomic mass is 10.0. The fourth-order valence-corrected chi connectivity index (χ4v) is 1.21. The molecule has 1 rings (SSSR count). The molecule has 0 aliphatic carbocycles. The van der Waals surface area contributed by atoms with Crippen molar-refractivity contribution in [2.24, 2.45) is 0 Å². The van der Waals surface area contributed by atoms with Crippen molar-refractivity contribution in [3.63, 3.8) is 0 Å². The Balaban J connectivity index is 3.16. The van der Waals surface area contributed by atoms with Gasteiger partial charge >= 0.3 is 6.21 Å². The minimum absolute atomic E-state index is 0.278. The number of rotatable bonds is 2. The molecule has 0 atom stereocenters. The summed E-state index contributed by atoms with van der Waals surface area (Å²) in [7, 11) is 0. The van der Waals surface area contributed by atoms with Crippen molar-refractivity contribution < 1.29 is 9.58 Å². The van der Waals surface area contributed by atoms with Gasteiger partial charge in [-0.05, 0) is 19.4 Å². The topological polar surface area (TPSA) is 53.5 Å². The van der Waals surface area contributed by atoms with E-state index in [1.54, 1.807) is 6.07 Å². The van der Waals surface area contributed by atoms with Crippen LogP contribution in [0.4, 0.5) is 0 Å². The number of hydrogen-bond acceptors (Lipinski definition) is 1. The van der Waals surface area contributed by atoms with Crippen LogP contribution in [0.3, 0.4) is 0 Å². The van der Waals surface area contributed by atoms with Crippen molar-refractivity contribution in [3.8, 4) is 0 Å². The predicted octanol–water partition coefficient (Wildman–Crippen LogP) is 1.79. The fourth-order valence-electron chi connectivity index (χ4n) is 1.21. The molecule has 0 amide bonds. The first-order chi connectivity index (χ1) is 6.15. The first kappa shape index (κ1) is 9.36. The van der Waals surface area contributed by atoms with Crippen molar-refractivity contribution in [3.05, 3.63) is 40.4 Å². The maximum absolute atomic E-state index is 11.3. The van der Waals surface area contributed by atoms with E-state index in [1.807, 2.05) is 26.0 Å². The molecule has 1 aromatic carbocycles. The normalized spacial score (nSPS) is 9.08. The van der Waals surface area contributed by atoms with Gasteiger partial charge in [0.15, 0.2) is 0 Å². The molecule has 0 bridgehead atoms. The van der Waals surface area contributed by atoms with Gasteiger partial charge in [0, 0.05) is 5.56 Å². The highest BCUT2D eigenvalue weighted by atomic mass is 16.1. The minimum atomic E-state index is -0.278. The number of hydrogen-bond donors (Lipinski definition) is 0. The third-order valence-electron chi connectivity index (χ3n) is 1.82. The maximum atomic E-state index is 11.3. The second-order valence-corrected chi connectivity index (χ2v) is 2.93. The lowest BCUT2D eigenvalue weighted by Crippen LogP contribution is -2.03. The molecule has 0 aliphatic rings. The molecule has 0 N–H and O–H groups in total. The van der Waals surface area contributed by atoms with E-state index < -0.39 is 0 Å². The van der Waals surface area contributed by atoms with Crippen LogP contribution in [-0.4, -0.2) is 16.8 Å². The zero-order valence-corrected chi connectivity index (χ0v) is 7.61. The largest absolute Gasteiger partial charge is 0.361 e. The van der Waals surface area contributed by atoms with E-state index in [0.29, 0.717) is 5.56 Å². The SMILES string of the molecule is Cc1ccc(C(=O)C=[N+]=[N-])c(C)c1. The number of carbonyl (C=O) groups is 1. The van der Waals surface area contributed by atoms with Gasteiger partial charge in [-0.3, -0.25) is 4.79 Å². The first-order valence-corrected chi connectivity index (χ1v) is 3.94. The summed E-state index contributed by atoms with van der Waals surface area (Å²) in [4.78, 5) is 14.0. The van der Waals surface area contributed by atoms with E-state index in [9.17, 15) is 4.79 Å². The van der Waals surface area contributed by atoms with Crippen LogP contribution in [0.2, 0.25) is 0 Å². The zero-order chi connectivity index (χ0) is 9.84. The van der Waals surface area contributed by atoms with Crippen LogP contribution >= 0.6 is 0 Å². The smallest absolute Gasteiger partial charge is 0.328 e. The zero-order valence-electron chi connectivity index (χ0n) is 7.61. The minimum Gasteiger partial charge on any atom is -0.361 e. The van der Waals surface area contributed by atoms with Crippen LogP contribution in [0.15, 0.2) is 18.2 Å². The van der Waals surface area contributed by atoms with Crippen LogP contribution in [0, 0.1) is 13.8 Å². The van der Waals surface area contributed by atoms with E-state index in [0.717, 1.165) is 17.3 Å². The molecule has 0 saturated heterocycles. The van der Waals surface area contributed by atoms with E-state index >= 15 is 0 Å². The Labute approximate surface area is 76.6 Å². The number of aryl methyl sites for hydroxylation is 2. The lowest BCUT2D eigenvalue weighted by Gasteiger charge is -1.99. The van der Waals surface area contributed by atoms with Gasteiger partial charge in [0.2, 0.25) is 0 Å². The Kier molecular flexibility index (Phi) is 2.72. The monoisotopic (exact) mass is 174 g/mol. The lowest BCUT2D eigenvalue weighted by molar-refractivity contribution is 0.00234. The summed E-state index contributed by atoms with van der Waals surface area (Å²) < 4.78 is 0. The Bertz CT molecular complexity index is 390. The number of nitrogens with zero attached hydrogens (tertiary/aromatic N) is 2. The molecule has 13 heavy (non-hydrogen) atoms. The van der Waals surface area contributed by atoms with Gasteiger partial charge in [-0.25, -0.2) is 0 Å². The van der Waals surface area contributed by atoms with Crippen molar-refractivity contribution >= 4 is 12.0 Å². The van der Waals surface area contributed by atoms with Gasteiger partial charge in [0.05, 0.1) is 0 Å². The van der Waals surface area contributed by atoms with Crippen molar-refractivity contribution in [1.29, 1.82) is 0 Å². The molecule has 3 nitrogen and oxygen atoms in total. The summed E-state index contributed by atoms with van der Waals surface area (Å²) in [5.74, 6) is -0.278. The molecule has 0 aliphatic heterocycles. The molecule has 0 radical (unpaired) electrons. The molecule has 3 heteroatoms. The number of Topliss-reactive ketones (excluding diaryl/α,β-unsaturated/α-hetero) is 1. The number of benzene rings is 1. The molecule has 66 valence electrons. The van der Waals surface area contributed by atoms with Crippen molar-refractivity contribution in [1.82, 2.24) is 0 Å². The quantitative estimate of drug-likeness (QED) is 0.292. The summed E-state index contributed by atoms with van der Waals surface area (Å²) in [5.41, 5.74) is 10.8. The molecule has 0 aromatic heterocycles. The van der Waals surface area contributed by atoms with Gasteiger partial charge in [-0.2, -0.15) is 4.79 Å². The van der Waals surface area contributed by atoms with E-state index in [-0.39, 0.29) is 5.78 Å². The summed E-state index contributed by atoms with van der Waals surface area (Å²) in [6, 6.07) is 5.50. The molecular weight excluding hydrogens is 164 g/mol. The van der Waals surface area contributed by atoms with Crippen LogP contribution in [0.25, 0.3) is 5.53 Å². The standard InChI is InChI=1S/C10H10N2O/c1-7-3-4-9(8(2)5-7)10(13)6-12-11/h3-6H,1-2H3. The Hall–Kier alpha value is -1.73. The van der Waals surface area contributed by atoms with Gasteiger partial charge in [0.25, 0.3) is 5.78 Å². The first-order valence-electron chi connectivity index (χ1n) is 3.94. The second kappa shape index (κ2) is 3.78. The highest BCUT2D eigenvalue weighted by Gasteiger charge is 2.09. The molecule has 0 unspecified atom stereocenters. The molecule has 0 heterocycles. The predicted molar refractivity (Wildman–Crippen MR) is 49.9 cm³/mol. The Morgan fingerprint density at radius 1 is 1.46 bits per heavy atom. The summed E-state index contributed by atoms with van der Waals surface area (Å²) >= 11 is 0. The Morgan fingerprint density at radius 3 is 2.69 bits per heavy atom. The summed E-state index contributed by atoms with van der Waals surface area (Å²) in [5, 5.41) is 0. The average molecular weight is 174 g/mol. The maximum Gasteiger partial charge on any atom is 0.328 e. The second-order valence-electron chi connectivity index (χ2n) is 2.93. The van der Waals surface area contributed by atoms with Crippen molar-refractivity contribution in [2.45, 2.75) is 13.8 Å². The third-order valence-corrected chi connectivity index (χ3v) is 1.82. The van der Waals surface area contributed by atoms with Gasteiger partial charge in [0.1, 0.15) is 0 Å². The third kappa shape index (κ3) is 2.10. The van der Waals surface area contributed by atoms with E-state index in [1.165, 1.54) is 0 Å². The molecule has 0 fully saturated rings. The molecule has 0 saturated carbocycles. The molecular formula is C10H10N2O. The van der Waals surface area contributed by atoms with Crippen LogP contribution < -0.4 is 0 Å². The number of carbonyl (C=O) groups excluding carboxylic acids is 1. The summed E-state index contributed by atoms with van der Waals surface area (Å²) in [6.07, 6.45) is 0.900. The highest BCUT2D eigenvalue weighted by molar-refractivity contribution is 6.33. The van der Waals surface area contributed by atoms with Crippen molar-refractivity contribution in [2.75, 3.05) is 0 Å². The van der Waals surface area contributed by atoms with Gasteiger partial charge < -0.3 is 5.53 Å². The van der Waals surface area contributed by atoms with Crippen LogP contribution in [-0.2, 0) is 0 Å². The van der Waals surface area contributed by atoms with Gasteiger partial charge in [-0.1, -0.05) is 23.8 Å². The number of ketones is 1. The van der Waals surface area contributed by atoms with E-state index in [2.05, 4.69) is 4.79 Å². The Morgan fingerprint density at radius 2 is 2.15 bits per heavy atom. The van der Waals surface area contributed by atoms with Crippen LogP contribution in [0.1, 0.15) is 21.5 Å². The highest BCUT2D eigenvalue weighted by Crippen LogP contribution is 2.10. The van der Waals surface area contributed by atoms with Crippen LogP contribution in [0.5, 0.6) is 0 Å². The molecule has 0 spiro atoms. The average Bonchev–Trinajstić information content (AvgIpc) is 2.04.